The van der Waals surface area contributed by atoms with E-state index in [1.165, 1.54) is 18.7 Å². The number of carboxylic acid groups (broad SMARTS) is 1. The number of carboxylic acids is 1. The van der Waals surface area contributed by atoms with Crippen molar-refractivity contribution in [1.29, 1.82) is 0 Å². The zero-order chi connectivity index (χ0) is 12.0. The largest absolute Gasteiger partial charge is 0.479 e. The summed E-state index contributed by atoms with van der Waals surface area (Å²) in [6.07, 6.45) is 0.409. The van der Waals surface area contributed by atoms with Gasteiger partial charge in [0.15, 0.2) is 4.87 Å². The highest BCUT2D eigenvalue weighted by molar-refractivity contribution is 8.00. The van der Waals surface area contributed by atoms with E-state index in [0.29, 0.717) is 12.2 Å². The van der Waals surface area contributed by atoms with Crippen molar-refractivity contribution in [2.75, 3.05) is 0 Å². The Morgan fingerprint density at radius 2 is 2.12 bits per heavy atom. The molecule has 16 heavy (non-hydrogen) atoms. The standard InChI is InChI=1S/C11H13NO3S/c1-11(10(14)15,12-8-13)16-7-9-5-3-2-4-6-9/h2-6,8H,7H2,1H3,(H,12,13)(H,14,15). The Balaban J connectivity index is 2.64. The molecule has 0 aliphatic carbocycles. The SMILES string of the molecule is CC(NC=O)(SCc1ccccc1)C(=O)O. The third-order valence-corrected chi connectivity index (χ3v) is 3.46. The maximum atomic E-state index is 11.0. The molecular formula is C11H13NO3S. The molecule has 1 unspecified atom stereocenters. The van der Waals surface area contributed by atoms with Crippen LogP contribution in [0.25, 0.3) is 0 Å². The van der Waals surface area contributed by atoms with E-state index in [4.69, 9.17) is 5.11 Å². The average molecular weight is 239 g/mol. The van der Waals surface area contributed by atoms with Crippen LogP contribution >= 0.6 is 11.8 Å². The molecule has 1 atom stereocenters. The first-order valence-corrected chi connectivity index (χ1v) is 5.69. The molecule has 0 heterocycles. The first-order valence-electron chi connectivity index (χ1n) is 4.71. The van der Waals surface area contributed by atoms with E-state index in [9.17, 15) is 9.59 Å². The molecule has 0 saturated heterocycles. The zero-order valence-electron chi connectivity index (χ0n) is 8.84. The molecule has 0 saturated carbocycles. The second-order valence-corrected chi connectivity index (χ2v) is 4.77. The third kappa shape index (κ3) is 3.27. The van der Waals surface area contributed by atoms with Crippen LogP contribution in [0.1, 0.15) is 12.5 Å². The lowest BCUT2D eigenvalue weighted by atomic mass is 10.2. The Morgan fingerprint density at radius 1 is 1.50 bits per heavy atom. The van der Waals surface area contributed by atoms with Gasteiger partial charge in [-0.25, -0.2) is 4.79 Å². The van der Waals surface area contributed by atoms with E-state index in [0.717, 1.165) is 5.56 Å². The molecule has 0 aromatic heterocycles. The van der Waals surface area contributed by atoms with Crippen LogP contribution in [0, 0.1) is 0 Å². The number of hydrogen-bond acceptors (Lipinski definition) is 3. The Kier molecular flexibility index (Phi) is 4.37. The summed E-state index contributed by atoms with van der Waals surface area (Å²) in [4.78, 5) is 20.1. The number of rotatable bonds is 6. The number of nitrogens with one attached hydrogen (secondary N) is 1. The number of amides is 1. The highest BCUT2D eigenvalue weighted by Gasteiger charge is 2.32. The van der Waals surface area contributed by atoms with Gasteiger partial charge in [-0.15, -0.1) is 11.8 Å². The summed E-state index contributed by atoms with van der Waals surface area (Å²) in [5.41, 5.74) is 1.02. The van der Waals surface area contributed by atoms with Crippen LogP contribution < -0.4 is 5.32 Å². The molecule has 0 radical (unpaired) electrons. The smallest absolute Gasteiger partial charge is 0.339 e. The van der Waals surface area contributed by atoms with Crippen molar-refractivity contribution in [2.45, 2.75) is 17.5 Å². The summed E-state index contributed by atoms with van der Waals surface area (Å²) in [6, 6.07) is 9.50. The van der Waals surface area contributed by atoms with Gasteiger partial charge in [0.05, 0.1) is 0 Å². The molecular weight excluding hydrogens is 226 g/mol. The normalized spacial score (nSPS) is 13.8. The van der Waals surface area contributed by atoms with Crippen molar-refractivity contribution in [2.24, 2.45) is 0 Å². The lowest BCUT2D eigenvalue weighted by molar-refractivity contribution is -0.141. The monoisotopic (exact) mass is 239 g/mol. The van der Waals surface area contributed by atoms with E-state index in [1.54, 1.807) is 0 Å². The summed E-state index contributed by atoms with van der Waals surface area (Å²) in [5.74, 6) is -0.523. The molecule has 86 valence electrons. The van der Waals surface area contributed by atoms with Gasteiger partial charge in [-0.05, 0) is 12.5 Å². The highest BCUT2D eigenvalue weighted by atomic mass is 32.2. The number of carbonyl (C=O) groups excluding carboxylic acids is 1. The van der Waals surface area contributed by atoms with Crippen LogP contribution in [0.5, 0.6) is 0 Å². The van der Waals surface area contributed by atoms with Crippen molar-refractivity contribution >= 4 is 24.1 Å². The van der Waals surface area contributed by atoms with E-state index in [-0.39, 0.29) is 0 Å². The molecule has 0 fully saturated rings. The fourth-order valence-electron chi connectivity index (χ4n) is 1.08. The molecule has 0 aliphatic heterocycles. The third-order valence-electron chi connectivity index (χ3n) is 2.11. The Bertz CT molecular complexity index is 369. The molecule has 1 amide bonds. The molecule has 0 bridgehead atoms. The fourth-order valence-corrected chi connectivity index (χ4v) is 1.98. The van der Waals surface area contributed by atoms with Crippen molar-refractivity contribution in [3.8, 4) is 0 Å². The number of thioether (sulfide) groups is 1. The van der Waals surface area contributed by atoms with Crippen LogP contribution in [0.3, 0.4) is 0 Å². The lowest BCUT2D eigenvalue weighted by Crippen LogP contribution is -2.45. The number of carbonyl (C=O) groups is 2. The summed E-state index contributed by atoms with van der Waals surface area (Å²) in [7, 11) is 0. The lowest BCUT2D eigenvalue weighted by Gasteiger charge is -2.23. The van der Waals surface area contributed by atoms with E-state index in [1.807, 2.05) is 30.3 Å². The summed E-state index contributed by atoms with van der Waals surface area (Å²) >= 11 is 1.17. The van der Waals surface area contributed by atoms with Gasteiger partial charge in [-0.3, -0.25) is 4.79 Å². The second kappa shape index (κ2) is 5.55. The molecule has 5 heteroatoms. The number of hydrogen-bond donors (Lipinski definition) is 2. The van der Waals surface area contributed by atoms with Gasteiger partial charge in [-0.1, -0.05) is 30.3 Å². The Labute approximate surface area is 98.0 Å². The van der Waals surface area contributed by atoms with E-state index >= 15 is 0 Å². The molecule has 1 aromatic carbocycles. The topological polar surface area (TPSA) is 66.4 Å². The van der Waals surface area contributed by atoms with Gasteiger partial charge in [0.2, 0.25) is 6.41 Å². The average Bonchev–Trinajstić information content (AvgIpc) is 2.28. The van der Waals surface area contributed by atoms with Crippen LogP contribution in [-0.4, -0.2) is 22.4 Å². The summed E-state index contributed by atoms with van der Waals surface area (Å²) in [5, 5.41) is 11.3. The summed E-state index contributed by atoms with van der Waals surface area (Å²) < 4.78 is 0. The highest BCUT2D eigenvalue weighted by Crippen LogP contribution is 2.25. The quantitative estimate of drug-likeness (QED) is 0.582. The van der Waals surface area contributed by atoms with E-state index < -0.39 is 10.8 Å². The maximum Gasteiger partial charge on any atom is 0.339 e. The first kappa shape index (κ1) is 12.6. The van der Waals surface area contributed by atoms with Crippen LogP contribution in [0.4, 0.5) is 0 Å². The molecule has 0 aliphatic rings. The predicted molar refractivity (Wildman–Crippen MR) is 63.0 cm³/mol. The van der Waals surface area contributed by atoms with Gasteiger partial charge in [0.1, 0.15) is 0 Å². The van der Waals surface area contributed by atoms with E-state index in [2.05, 4.69) is 5.32 Å². The van der Waals surface area contributed by atoms with Gasteiger partial charge in [-0.2, -0.15) is 0 Å². The second-order valence-electron chi connectivity index (χ2n) is 3.37. The minimum Gasteiger partial charge on any atom is -0.479 e. The maximum absolute atomic E-state index is 11.0. The summed E-state index contributed by atoms with van der Waals surface area (Å²) in [6.45, 7) is 1.47. The Morgan fingerprint density at radius 3 is 2.62 bits per heavy atom. The minimum absolute atomic E-state index is 0.409. The Hall–Kier alpha value is -1.49. The molecule has 1 aromatic rings. The number of aliphatic carboxylic acids is 1. The van der Waals surface area contributed by atoms with Crippen molar-refractivity contribution in [3.63, 3.8) is 0 Å². The van der Waals surface area contributed by atoms with Crippen LogP contribution in [0.2, 0.25) is 0 Å². The van der Waals surface area contributed by atoms with Crippen molar-refractivity contribution in [3.05, 3.63) is 35.9 Å². The zero-order valence-corrected chi connectivity index (χ0v) is 9.66. The molecule has 4 nitrogen and oxygen atoms in total. The van der Waals surface area contributed by atoms with Crippen molar-refractivity contribution in [1.82, 2.24) is 5.32 Å². The van der Waals surface area contributed by atoms with Crippen LogP contribution in [0.15, 0.2) is 30.3 Å². The first-order chi connectivity index (χ1) is 7.58. The van der Waals surface area contributed by atoms with Gasteiger partial charge < -0.3 is 10.4 Å². The molecule has 2 N–H and O–H groups in total. The van der Waals surface area contributed by atoms with Gasteiger partial charge >= 0.3 is 5.97 Å². The number of benzene rings is 1. The predicted octanol–water partition coefficient (Wildman–Crippen LogP) is 1.47. The van der Waals surface area contributed by atoms with Crippen molar-refractivity contribution < 1.29 is 14.7 Å². The van der Waals surface area contributed by atoms with Crippen LogP contribution in [-0.2, 0) is 15.3 Å². The molecule has 0 spiro atoms. The van der Waals surface area contributed by atoms with Gasteiger partial charge in [0, 0.05) is 5.75 Å². The van der Waals surface area contributed by atoms with Gasteiger partial charge in [0.25, 0.3) is 0 Å². The minimum atomic E-state index is -1.28. The molecule has 1 rings (SSSR count). The fraction of sp³-hybridized carbons (Fsp3) is 0.273.